The van der Waals surface area contributed by atoms with Crippen molar-refractivity contribution in [3.05, 3.63) is 27.3 Å². The maximum atomic E-state index is 12.3. The van der Waals surface area contributed by atoms with E-state index < -0.39 is 15.9 Å². The Morgan fingerprint density at radius 2 is 2.00 bits per heavy atom. The van der Waals surface area contributed by atoms with Crippen LogP contribution in [0.25, 0.3) is 0 Å². The zero-order valence-electron chi connectivity index (χ0n) is 11.5. The quantitative estimate of drug-likeness (QED) is 0.489. The lowest BCUT2D eigenvalue weighted by Crippen LogP contribution is -2.33. The highest BCUT2D eigenvalue weighted by molar-refractivity contribution is 14.1. The number of sulfonamides is 1. The molecule has 1 aromatic carbocycles. The average Bonchev–Trinajstić information content (AvgIpc) is 2.62. The molecule has 0 saturated carbocycles. The topological polar surface area (TPSA) is 72.9 Å². The number of amides is 1. The van der Waals surface area contributed by atoms with Crippen LogP contribution < -0.4 is 0 Å². The largest absolute Gasteiger partial charge is 0.385 e. The van der Waals surface area contributed by atoms with Gasteiger partial charge in [0.2, 0.25) is 0 Å². The van der Waals surface area contributed by atoms with Crippen molar-refractivity contribution in [2.24, 2.45) is 0 Å². The molecule has 0 bridgehead atoms. The van der Waals surface area contributed by atoms with Gasteiger partial charge in [0.25, 0.3) is 15.9 Å². The SMILES string of the molecule is COCCCOCCN1C(=O)c2cc(I)ccc2S1(=O)=O. The fourth-order valence-corrected chi connectivity index (χ4v) is 4.06. The number of rotatable bonds is 7. The highest BCUT2D eigenvalue weighted by atomic mass is 127. The second-order valence-corrected chi connectivity index (χ2v) is 7.56. The van der Waals surface area contributed by atoms with Gasteiger partial charge in [0, 0.05) is 23.9 Å². The van der Waals surface area contributed by atoms with Crippen molar-refractivity contribution in [1.29, 1.82) is 0 Å². The van der Waals surface area contributed by atoms with Crippen molar-refractivity contribution in [2.75, 3.05) is 33.5 Å². The van der Waals surface area contributed by atoms with E-state index in [9.17, 15) is 13.2 Å². The van der Waals surface area contributed by atoms with Gasteiger partial charge in [-0.3, -0.25) is 4.79 Å². The summed E-state index contributed by atoms with van der Waals surface area (Å²) in [5.74, 6) is -0.482. The summed E-state index contributed by atoms with van der Waals surface area (Å²) in [4.78, 5) is 12.3. The average molecular weight is 425 g/mol. The molecular weight excluding hydrogens is 409 g/mol. The predicted molar refractivity (Wildman–Crippen MR) is 84.7 cm³/mol. The highest BCUT2D eigenvalue weighted by Gasteiger charge is 2.40. The van der Waals surface area contributed by atoms with Crippen molar-refractivity contribution in [1.82, 2.24) is 4.31 Å². The maximum absolute atomic E-state index is 12.3. The first kappa shape index (κ1) is 16.7. The third-order valence-electron chi connectivity index (χ3n) is 3.04. The predicted octanol–water partition coefficient (Wildman–Crippen LogP) is 1.49. The number of carbonyl (C=O) groups is 1. The summed E-state index contributed by atoms with van der Waals surface area (Å²) < 4.78 is 36.5. The lowest BCUT2D eigenvalue weighted by atomic mass is 10.2. The van der Waals surface area contributed by atoms with E-state index >= 15 is 0 Å². The third-order valence-corrected chi connectivity index (χ3v) is 5.55. The van der Waals surface area contributed by atoms with Gasteiger partial charge in [0.15, 0.2) is 0 Å². The Balaban J connectivity index is 2.01. The highest BCUT2D eigenvalue weighted by Crippen LogP contribution is 2.30. The Bertz CT molecular complexity index is 631. The van der Waals surface area contributed by atoms with Gasteiger partial charge in [-0.25, -0.2) is 12.7 Å². The van der Waals surface area contributed by atoms with E-state index in [0.717, 1.165) is 14.3 Å². The fourth-order valence-electron chi connectivity index (χ4n) is 2.03. The van der Waals surface area contributed by atoms with Gasteiger partial charge < -0.3 is 9.47 Å². The molecule has 1 aliphatic rings. The van der Waals surface area contributed by atoms with Gasteiger partial charge in [-0.2, -0.15) is 0 Å². The molecule has 116 valence electrons. The molecule has 1 aliphatic heterocycles. The number of benzene rings is 1. The van der Waals surface area contributed by atoms with Crippen molar-refractivity contribution >= 4 is 38.5 Å². The lowest BCUT2D eigenvalue weighted by molar-refractivity contribution is 0.0756. The number of ether oxygens (including phenoxy) is 2. The number of hydrogen-bond acceptors (Lipinski definition) is 5. The smallest absolute Gasteiger partial charge is 0.269 e. The lowest BCUT2D eigenvalue weighted by Gasteiger charge is -2.14. The van der Waals surface area contributed by atoms with E-state index in [1.54, 1.807) is 19.2 Å². The molecule has 1 amide bonds. The van der Waals surface area contributed by atoms with E-state index in [4.69, 9.17) is 9.47 Å². The van der Waals surface area contributed by atoms with Crippen LogP contribution in [0, 0.1) is 3.57 Å². The summed E-state index contributed by atoms with van der Waals surface area (Å²) in [6.45, 7) is 1.27. The second kappa shape index (κ2) is 7.03. The van der Waals surface area contributed by atoms with Crippen molar-refractivity contribution in [3.8, 4) is 0 Å². The zero-order valence-corrected chi connectivity index (χ0v) is 14.5. The van der Waals surface area contributed by atoms with Crippen LogP contribution in [-0.4, -0.2) is 52.1 Å². The molecule has 8 heteroatoms. The molecule has 6 nitrogen and oxygen atoms in total. The van der Waals surface area contributed by atoms with E-state index in [2.05, 4.69) is 0 Å². The number of methoxy groups -OCH3 is 1. The van der Waals surface area contributed by atoms with Crippen LogP contribution in [0.15, 0.2) is 23.1 Å². The first-order valence-electron chi connectivity index (χ1n) is 6.42. The minimum Gasteiger partial charge on any atom is -0.385 e. The molecule has 0 saturated heterocycles. The molecular formula is C13H16INO5S. The van der Waals surface area contributed by atoms with Gasteiger partial charge in [-0.15, -0.1) is 0 Å². The molecule has 0 aromatic heterocycles. The van der Waals surface area contributed by atoms with Crippen LogP contribution in [0.5, 0.6) is 0 Å². The number of fused-ring (bicyclic) bond motifs is 1. The minimum absolute atomic E-state index is 0.0272. The number of hydrogen-bond donors (Lipinski definition) is 0. The first-order chi connectivity index (χ1) is 9.98. The van der Waals surface area contributed by atoms with Crippen LogP contribution in [0.1, 0.15) is 16.8 Å². The molecule has 0 fully saturated rings. The van der Waals surface area contributed by atoms with Gasteiger partial charge in [0.1, 0.15) is 4.90 Å². The van der Waals surface area contributed by atoms with E-state index in [1.807, 2.05) is 22.6 Å². The summed E-state index contributed by atoms with van der Waals surface area (Å²) in [7, 11) is -2.13. The Morgan fingerprint density at radius 1 is 1.24 bits per heavy atom. The summed E-state index contributed by atoms with van der Waals surface area (Å²) in [6, 6.07) is 4.74. The Morgan fingerprint density at radius 3 is 2.71 bits per heavy atom. The summed E-state index contributed by atoms with van der Waals surface area (Å²) in [5, 5.41) is 0. The number of nitrogens with zero attached hydrogens (tertiary/aromatic N) is 1. The molecule has 21 heavy (non-hydrogen) atoms. The van der Waals surface area contributed by atoms with Gasteiger partial charge in [0.05, 0.1) is 18.7 Å². The fraction of sp³-hybridized carbons (Fsp3) is 0.462. The van der Waals surface area contributed by atoms with Gasteiger partial charge in [-0.05, 0) is 47.2 Å². The first-order valence-corrected chi connectivity index (χ1v) is 8.93. The normalized spacial score (nSPS) is 16.3. The van der Waals surface area contributed by atoms with Crippen LogP contribution in [-0.2, 0) is 19.5 Å². The number of carbonyl (C=O) groups excluding carboxylic acids is 1. The van der Waals surface area contributed by atoms with E-state index in [-0.39, 0.29) is 23.6 Å². The van der Waals surface area contributed by atoms with E-state index in [1.165, 1.54) is 6.07 Å². The van der Waals surface area contributed by atoms with Crippen LogP contribution in [0.3, 0.4) is 0 Å². The summed E-state index contributed by atoms with van der Waals surface area (Å²) >= 11 is 2.05. The summed E-state index contributed by atoms with van der Waals surface area (Å²) in [6.07, 6.45) is 0.732. The van der Waals surface area contributed by atoms with E-state index in [0.29, 0.717) is 13.2 Å². The molecule has 0 unspecified atom stereocenters. The monoisotopic (exact) mass is 425 g/mol. The van der Waals surface area contributed by atoms with Crippen molar-refractivity contribution in [3.63, 3.8) is 0 Å². The van der Waals surface area contributed by atoms with Crippen molar-refractivity contribution < 1.29 is 22.7 Å². The van der Waals surface area contributed by atoms with Crippen molar-refractivity contribution in [2.45, 2.75) is 11.3 Å². The Kier molecular flexibility index (Phi) is 5.58. The van der Waals surface area contributed by atoms with Crippen LogP contribution >= 0.6 is 22.6 Å². The van der Waals surface area contributed by atoms with Crippen LogP contribution in [0.4, 0.5) is 0 Å². The standard InChI is InChI=1S/C13H16INO5S/c1-19-6-2-7-20-8-5-15-13(16)11-9-10(14)3-4-12(11)21(15,17)18/h3-4,9H,2,5-8H2,1H3. The minimum atomic E-state index is -3.73. The Labute approximate surface area is 137 Å². The molecule has 2 rings (SSSR count). The summed E-state index contributed by atoms with van der Waals surface area (Å²) in [5.41, 5.74) is 0.237. The van der Waals surface area contributed by atoms with Crippen LogP contribution in [0.2, 0.25) is 0 Å². The molecule has 0 aliphatic carbocycles. The van der Waals surface area contributed by atoms with Gasteiger partial charge >= 0.3 is 0 Å². The van der Waals surface area contributed by atoms with Gasteiger partial charge in [-0.1, -0.05) is 0 Å². The molecule has 0 atom stereocenters. The maximum Gasteiger partial charge on any atom is 0.269 e. The second-order valence-electron chi connectivity index (χ2n) is 4.48. The third kappa shape index (κ3) is 3.55. The molecule has 0 N–H and O–H groups in total. The Hall–Kier alpha value is -0.710. The molecule has 0 radical (unpaired) electrons. The number of halogens is 1. The molecule has 1 aromatic rings. The molecule has 0 spiro atoms. The zero-order chi connectivity index (χ0) is 15.5. The molecule has 1 heterocycles.